The van der Waals surface area contributed by atoms with Crippen LogP contribution < -0.4 is 15.6 Å². The van der Waals surface area contributed by atoms with Crippen LogP contribution in [0.4, 0.5) is 0 Å². The van der Waals surface area contributed by atoms with Gasteiger partial charge in [0.05, 0.1) is 17.7 Å². The average Bonchev–Trinajstić information content (AvgIpc) is 3.29. The lowest BCUT2D eigenvalue weighted by molar-refractivity contribution is 0.0846. The molecule has 0 aliphatic rings. The SMILES string of the molecule is COc1ccc(-c2cc(C(=O)NNC(=O)c3ccc(C)s3)[nH]n2)cc1. The number of rotatable bonds is 4. The summed E-state index contributed by atoms with van der Waals surface area (Å²) in [6.07, 6.45) is 0. The molecule has 3 N–H and O–H groups in total. The van der Waals surface area contributed by atoms with Gasteiger partial charge in [-0.2, -0.15) is 5.10 Å². The van der Waals surface area contributed by atoms with E-state index in [9.17, 15) is 9.59 Å². The summed E-state index contributed by atoms with van der Waals surface area (Å²) < 4.78 is 5.11. The molecule has 2 heterocycles. The van der Waals surface area contributed by atoms with E-state index < -0.39 is 5.91 Å². The lowest BCUT2D eigenvalue weighted by atomic mass is 10.1. The van der Waals surface area contributed by atoms with Crippen molar-refractivity contribution < 1.29 is 14.3 Å². The molecule has 0 atom stereocenters. The summed E-state index contributed by atoms with van der Waals surface area (Å²) in [7, 11) is 1.60. The predicted molar refractivity (Wildman–Crippen MR) is 94.6 cm³/mol. The van der Waals surface area contributed by atoms with E-state index in [2.05, 4.69) is 21.0 Å². The Balaban J connectivity index is 1.63. The summed E-state index contributed by atoms with van der Waals surface area (Å²) in [6, 6.07) is 12.5. The number of amides is 2. The number of benzene rings is 1. The molecule has 0 radical (unpaired) electrons. The highest BCUT2D eigenvalue weighted by molar-refractivity contribution is 7.13. The first-order chi connectivity index (χ1) is 12.1. The molecule has 3 aromatic rings. The quantitative estimate of drug-likeness (QED) is 0.626. The molecule has 2 amide bonds. The van der Waals surface area contributed by atoms with Gasteiger partial charge in [0.25, 0.3) is 11.8 Å². The highest BCUT2D eigenvalue weighted by atomic mass is 32.1. The molecule has 0 spiro atoms. The fraction of sp³-hybridized carbons (Fsp3) is 0.118. The zero-order valence-corrected chi connectivity index (χ0v) is 14.4. The van der Waals surface area contributed by atoms with E-state index in [1.54, 1.807) is 19.2 Å². The number of thiophene rings is 1. The Morgan fingerprint density at radius 2 is 1.80 bits per heavy atom. The van der Waals surface area contributed by atoms with Gasteiger partial charge < -0.3 is 4.74 Å². The number of hydrazine groups is 1. The number of aryl methyl sites for hydroxylation is 1. The maximum absolute atomic E-state index is 12.1. The molecule has 7 nitrogen and oxygen atoms in total. The minimum absolute atomic E-state index is 0.244. The van der Waals surface area contributed by atoms with Crippen LogP contribution in [0.3, 0.4) is 0 Å². The number of hydrogen-bond acceptors (Lipinski definition) is 5. The summed E-state index contributed by atoms with van der Waals surface area (Å²) in [6.45, 7) is 1.91. The van der Waals surface area contributed by atoms with Gasteiger partial charge in [-0.1, -0.05) is 0 Å². The highest BCUT2D eigenvalue weighted by Gasteiger charge is 2.13. The van der Waals surface area contributed by atoms with E-state index in [1.165, 1.54) is 11.3 Å². The topological polar surface area (TPSA) is 96.1 Å². The normalized spacial score (nSPS) is 10.3. The van der Waals surface area contributed by atoms with Crippen LogP contribution in [0, 0.1) is 6.92 Å². The van der Waals surface area contributed by atoms with E-state index in [1.807, 2.05) is 37.3 Å². The van der Waals surface area contributed by atoms with E-state index in [-0.39, 0.29) is 11.6 Å². The van der Waals surface area contributed by atoms with E-state index in [0.29, 0.717) is 10.6 Å². The zero-order valence-electron chi connectivity index (χ0n) is 13.6. The van der Waals surface area contributed by atoms with Gasteiger partial charge in [0.1, 0.15) is 11.4 Å². The third-order valence-corrected chi connectivity index (χ3v) is 4.46. The van der Waals surface area contributed by atoms with Crippen LogP contribution in [0.25, 0.3) is 11.3 Å². The maximum Gasteiger partial charge on any atom is 0.287 e. The number of nitrogens with one attached hydrogen (secondary N) is 3. The number of aromatic nitrogens is 2. The van der Waals surface area contributed by atoms with Gasteiger partial charge in [-0.25, -0.2) is 0 Å². The number of aromatic amines is 1. The highest BCUT2D eigenvalue weighted by Crippen LogP contribution is 2.21. The molecule has 2 aromatic heterocycles. The predicted octanol–water partition coefficient (Wildman–Crippen LogP) is 2.53. The number of ether oxygens (including phenoxy) is 1. The summed E-state index contributed by atoms with van der Waals surface area (Å²) in [5.74, 6) is -0.0981. The van der Waals surface area contributed by atoms with Crippen molar-refractivity contribution >= 4 is 23.2 Å². The first kappa shape index (κ1) is 16.7. The summed E-state index contributed by atoms with van der Waals surface area (Å²) in [4.78, 5) is 25.6. The first-order valence-electron chi connectivity index (χ1n) is 7.44. The number of hydrogen-bond donors (Lipinski definition) is 3. The van der Waals surface area contributed by atoms with E-state index >= 15 is 0 Å². The van der Waals surface area contributed by atoms with Crippen LogP contribution >= 0.6 is 11.3 Å². The molecule has 128 valence electrons. The Bertz CT molecular complexity index is 899. The lowest BCUT2D eigenvalue weighted by Gasteiger charge is -2.04. The molecule has 0 bridgehead atoms. The number of nitrogens with zero attached hydrogens (tertiary/aromatic N) is 1. The largest absolute Gasteiger partial charge is 0.497 e. The molecule has 1 aromatic carbocycles. The van der Waals surface area contributed by atoms with Crippen LogP contribution in [-0.2, 0) is 0 Å². The Morgan fingerprint density at radius 3 is 2.44 bits per heavy atom. The first-order valence-corrected chi connectivity index (χ1v) is 8.25. The Morgan fingerprint density at radius 1 is 1.08 bits per heavy atom. The van der Waals surface area contributed by atoms with Crippen LogP contribution in [-0.4, -0.2) is 29.1 Å². The van der Waals surface area contributed by atoms with Gasteiger partial charge in [-0.3, -0.25) is 25.5 Å². The van der Waals surface area contributed by atoms with Crippen molar-refractivity contribution in [2.24, 2.45) is 0 Å². The fourth-order valence-electron chi connectivity index (χ4n) is 2.15. The molecule has 0 unspecified atom stereocenters. The minimum Gasteiger partial charge on any atom is -0.497 e. The van der Waals surface area contributed by atoms with Crippen molar-refractivity contribution in [3.63, 3.8) is 0 Å². The monoisotopic (exact) mass is 356 g/mol. The molecular weight excluding hydrogens is 340 g/mol. The lowest BCUT2D eigenvalue weighted by Crippen LogP contribution is -2.41. The van der Waals surface area contributed by atoms with Crippen molar-refractivity contribution in [3.05, 3.63) is 57.9 Å². The Hall–Kier alpha value is -3.13. The molecule has 0 fully saturated rings. The van der Waals surface area contributed by atoms with E-state index in [4.69, 9.17) is 4.74 Å². The molecule has 3 rings (SSSR count). The number of methoxy groups -OCH3 is 1. The summed E-state index contributed by atoms with van der Waals surface area (Å²) in [5.41, 5.74) is 6.45. The average molecular weight is 356 g/mol. The van der Waals surface area contributed by atoms with Gasteiger partial charge in [0.15, 0.2) is 0 Å². The Kier molecular flexibility index (Phi) is 4.80. The van der Waals surface area contributed by atoms with Gasteiger partial charge in [0, 0.05) is 10.4 Å². The number of carbonyl (C=O) groups excluding carboxylic acids is 2. The second-order valence-electron chi connectivity index (χ2n) is 5.21. The van der Waals surface area contributed by atoms with Crippen molar-refractivity contribution in [3.8, 4) is 17.0 Å². The van der Waals surface area contributed by atoms with Crippen molar-refractivity contribution in [2.45, 2.75) is 6.92 Å². The molecular formula is C17H16N4O3S. The van der Waals surface area contributed by atoms with Crippen molar-refractivity contribution in [2.75, 3.05) is 7.11 Å². The molecule has 0 aliphatic heterocycles. The van der Waals surface area contributed by atoms with Crippen LogP contribution in [0.15, 0.2) is 42.5 Å². The third kappa shape index (κ3) is 3.86. The third-order valence-electron chi connectivity index (χ3n) is 3.46. The smallest absolute Gasteiger partial charge is 0.287 e. The summed E-state index contributed by atoms with van der Waals surface area (Å²) >= 11 is 1.35. The molecule has 25 heavy (non-hydrogen) atoms. The second-order valence-corrected chi connectivity index (χ2v) is 6.50. The van der Waals surface area contributed by atoms with Crippen molar-refractivity contribution in [1.29, 1.82) is 0 Å². The zero-order chi connectivity index (χ0) is 17.8. The van der Waals surface area contributed by atoms with Crippen molar-refractivity contribution in [1.82, 2.24) is 21.0 Å². The molecule has 0 aliphatic carbocycles. The fourth-order valence-corrected chi connectivity index (χ4v) is 2.91. The van der Waals surface area contributed by atoms with Gasteiger partial charge in [-0.15, -0.1) is 11.3 Å². The summed E-state index contributed by atoms with van der Waals surface area (Å²) in [5, 5.41) is 6.77. The van der Waals surface area contributed by atoms with Crippen LogP contribution in [0.5, 0.6) is 5.75 Å². The molecule has 0 saturated carbocycles. The Labute approximate surface area is 148 Å². The second kappa shape index (κ2) is 7.18. The number of carbonyl (C=O) groups is 2. The van der Waals surface area contributed by atoms with Gasteiger partial charge >= 0.3 is 0 Å². The van der Waals surface area contributed by atoms with Crippen LogP contribution in [0.1, 0.15) is 25.0 Å². The standard InChI is InChI=1S/C17H16N4O3S/c1-10-3-8-15(25-10)17(23)21-20-16(22)14-9-13(18-19-14)11-4-6-12(24-2)7-5-11/h3-9H,1-2H3,(H,18,19)(H,20,22)(H,21,23). The van der Waals surface area contributed by atoms with Gasteiger partial charge in [0.2, 0.25) is 0 Å². The number of H-pyrrole nitrogens is 1. The van der Waals surface area contributed by atoms with Gasteiger partial charge in [-0.05, 0) is 49.4 Å². The molecule has 0 saturated heterocycles. The maximum atomic E-state index is 12.1. The van der Waals surface area contributed by atoms with E-state index in [0.717, 1.165) is 16.2 Å². The molecule has 8 heteroatoms. The van der Waals surface area contributed by atoms with Crippen LogP contribution in [0.2, 0.25) is 0 Å². The minimum atomic E-state index is -0.478.